The van der Waals surface area contributed by atoms with Gasteiger partial charge in [-0.05, 0) is 40.4 Å². The Morgan fingerprint density at radius 2 is 2.25 bits per heavy atom. The molecule has 1 aliphatic heterocycles. The van der Waals surface area contributed by atoms with Crippen LogP contribution < -0.4 is 0 Å². The lowest BCUT2D eigenvalue weighted by Crippen LogP contribution is -2.09. The van der Waals surface area contributed by atoms with Gasteiger partial charge in [-0.2, -0.15) is 0 Å². The third-order valence-electron chi connectivity index (χ3n) is 2.59. The van der Waals surface area contributed by atoms with E-state index in [9.17, 15) is 9.50 Å². The van der Waals surface area contributed by atoms with E-state index >= 15 is 0 Å². The van der Waals surface area contributed by atoms with E-state index in [2.05, 4.69) is 15.9 Å². The number of ether oxygens (including phenoxy) is 1. The zero-order valence-corrected chi connectivity index (χ0v) is 10.2. The van der Waals surface area contributed by atoms with Gasteiger partial charge in [0.2, 0.25) is 0 Å². The maximum atomic E-state index is 13.7. The summed E-state index contributed by atoms with van der Waals surface area (Å²) in [5.74, 6) is -0.415. The molecule has 0 radical (unpaired) electrons. The van der Waals surface area contributed by atoms with E-state index < -0.39 is 11.9 Å². The first-order chi connectivity index (χ1) is 7.70. The Hall–Kier alpha value is -0.870. The predicted molar refractivity (Wildman–Crippen MR) is 62.3 cm³/mol. The van der Waals surface area contributed by atoms with Gasteiger partial charge < -0.3 is 9.84 Å². The average Bonchev–Trinajstić information content (AvgIpc) is 2.33. The fourth-order valence-corrected chi connectivity index (χ4v) is 2.10. The molecule has 1 aromatic carbocycles. The first-order valence-electron chi connectivity index (χ1n) is 5.12. The Morgan fingerprint density at radius 3 is 2.94 bits per heavy atom. The molecular weight excluding hydrogens is 275 g/mol. The van der Waals surface area contributed by atoms with Crippen LogP contribution in [0.15, 0.2) is 34.5 Å². The fraction of sp³-hybridized carbons (Fsp3) is 0.333. The summed E-state index contributed by atoms with van der Waals surface area (Å²) in [6, 6.07) is 4.90. The van der Waals surface area contributed by atoms with Crippen LogP contribution in [0.25, 0.3) is 0 Å². The lowest BCUT2D eigenvalue weighted by Gasteiger charge is -2.19. The third-order valence-corrected chi connectivity index (χ3v) is 3.20. The summed E-state index contributed by atoms with van der Waals surface area (Å²) in [7, 11) is 0. The molecule has 0 aliphatic carbocycles. The van der Waals surface area contributed by atoms with Crippen molar-refractivity contribution in [1.29, 1.82) is 0 Å². The van der Waals surface area contributed by atoms with Crippen LogP contribution in [0, 0.1) is 5.82 Å². The van der Waals surface area contributed by atoms with Crippen molar-refractivity contribution >= 4 is 15.9 Å². The molecule has 0 saturated heterocycles. The van der Waals surface area contributed by atoms with Crippen LogP contribution in [0.5, 0.6) is 0 Å². The number of hydrogen-bond donors (Lipinski definition) is 1. The highest BCUT2D eigenvalue weighted by atomic mass is 79.9. The van der Waals surface area contributed by atoms with Crippen molar-refractivity contribution in [3.8, 4) is 0 Å². The zero-order chi connectivity index (χ0) is 11.5. The van der Waals surface area contributed by atoms with E-state index in [1.54, 1.807) is 18.2 Å². The summed E-state index contributed by atoms with van der Waals surface area (Å²) < 4.78 is 19.2. The standard InChI is InChI=1S/C12H12BrFO2/c13-10-5-1-4-9(11(10)14)12(15)8-3-2-6-16-7-8/h1,4-5,7,12,15H,2-3,6H2. The maximum absolute atomic E-state index is 13.7. The van der Waals surface area contributed by atoms with E-state index in [1.165, 1.54) is 6.26 Å². The second-order valence-electron chi connectivity index (χ2n) is 3.71. The van der Waals surface area contributed by atoms with Gasteiger partial charge in [-0.3, -0.25) is 0 Å². The molecule has 0 spiro atoms. The van der Waals surface area contributed by atoms with Crippen molar-refractivity contribution in [2.24, 2.45) is 0 Å². The highest BCUT2D eigenvalue weighted by Crippen LogP contribution is 2.31. The van der Waals surface area contributed by atoms with Gasteiger partial charge in [0.1, 0.15) is 11.9 Å². The summed E-state index contributed by atoms with van der Waals surface area (Å²) in [5.41, 5.74) is 1.01. The third kappa shape index (κ3) is 2.28. The molecule has 0 aromatic heterocycles. The molecule has 1 aromatic rings. The molecule has 1 N–H and O–H groups in total. The minimum Gasteiger partial charge on any atom is -0.501 e. The molecule has 0 fully saturated rings. The topological polar surface area (TPSA) is 29.5 Å². The van der Waals surface area contributed by atoms with E-state index in [-0.39, 0.29) is 5.56 Å². The number of rotatable bonds is 2. The van der Waals surface area contributed by atoms with Gasteiger partial charge >= 0.3 is 0 Å². The number of aliphatic hydroxyl groups is 1. The Labute approximate surface area is 102 Å². The molecule has 1 atom stereocenters. The summed E-state index contributed by atoms with van der Waals surface area (Å²) in [4.78, 5) is 0. The van der Waals surface area contributed by atoms with Crippen LogP contribution >= 0.6 is 15.9 Å². The molecule has 2 nitrogen and oxygen atoms in total. The molecule has 4 heteroatoms. The molecule has 16 heavy (non-hydrogen) atoms. The molecule has 1 aliphatic rings. The van der Waals surface area contributed by atoms with E-state index in [0.717, 1.165) is 18.4 Å². The summed E-state index contributed by atoms with van der Waals surface area (Å²) in [6.45, 7) is 0.664. The summed E-state index contributed by atoms with van der Waals surface area (Å²) in [6.07, 6.45) is 2.22. The maximum Gasteiger partial charge on any atom is 0.143 e. The molecule has 0 amide bonds. The van der Waals surface area contributed by atoms with Crippen LogP contribution in [0.1, 0.15) is 24.5 Å². The average molecular weight is 287 g/mol. The highest BCUT2D eigenvalue weighted by Gasteiger charge is 2.20. The first kappa shape index (κ1) is 11.6. The minimum absolute atomic E-state index is 0.283. The highest BCUT2D eigenvalue weighted by molar-refractivity contribution is 9.10. The minimum atomic E-state index is -0.919. The second-order valence-corrected chi connectivity index (χ2v) is 4.57. The van der Waals surface area contributed by atoms with Crippen LogP contribution in [-0.2, 0) is 4.74 Å². The quantitative estimate of drug-likeness (QED) is 0.904. The number of hydrogen-bond acceptors (Lipinski definition) is 2. The summed E-state index contributed by atoms with van der Waals surface area (Å²) >= 11 is 3.10. The zero-order valence-electron chi connectivity index (χ0n) is 8.62. The molecular formula is C12H12BrFO2. The first-order valence-corrected chi connectivity index (χ1v) is 5.92. The number of aliphatic hydroxyl groups excluding tert-OH is 1. The Balaban J connectivity index is 2.29. The normalized spacial score (nSPS) is 17.6. The molecule has 0 bridgehead atoms. The van der Waals surface area contributed by atoms with Gasteiger partial charge in [-0.25, -0.2) is 4.39 Å². The van der Waals surface area contributed by atoms with E-state index in [4.69, 9.17) is 4.74 Å². The molecule has 0 saturated carbocycles. The van der Waals surface area contributed by atoms with E-state index in [1.807, 2.05) is 0 Å². The smallest absolute Gasteiger partial charge is 0.143 e. The van der Waals surface area contributed by atoms with Gasteiger partial charge in [0, 0.05) is 5.56 Å². The Kier molecular flexibility index (Phi) is 3.61. The monoisotopic (exact) mass is 286 g/mol. The van der Waals surface area contributed by atoms with Crippen LogP contribution in [0.4, 0.5) is 4.39 Å². The Bertz CT molecular complexity index is 417. The molecule has 2 rings (SSSR count). The van der Waals surface area contributed by atoms with Gasteiger partial charge in [0.15, 0.2) is 0 Å². The largest absolute Gasteiger partial charge is 0.501 e. The van der Waals surface area contributed by atoms with Crippen molar-refractivity contribution in [2.75, 3.05) is 6.61 Å². The lowest BCUT2D eigenvalue weighted by atomic mass is 9.98. The molecule has 86 valence electrons. The van der Waals surface area contributed by atoms with Gasteiger partial charge in [-0.1, -0.05) is 12.1 Å². The predicted octanol–water partition coefficient (Wildman–Crippen LogP) is 3.32. The van der Waals surface area contributed by atoms with Crippen molar-refractivity contribution in [1.82, 2.24) is 0 Å². The van der Waals surface area contributed by atoms with Crippen molar-refractivity contribution in [2.45, 2.75) is 18.9 Å². The number of halogens is 2. The van der Waals surface area contributed by atoms with Gasteiger partial charge in [-0.15, -0.1) is 0 Å². The van der Waals surface area contributed by atoms with Crippen LogP contribution in [0.3, 0.4) is 0 Å². The van der Waals surface area contributed by atoms with Crippen LogP contribution in [-0.4, -0.2) is 11.7 Å². The second kappa shape index (κ2) is 4.97. The SMILES string of the molecule is OC(C1=COCCC1)c1cccc(Br)c1F. The van der Waals surface area contributed by atoms with Crippen LogP contribution in [0.2, 0.25) is 0 Å². The molecule has 1 heterocycles. The van der Waals surface area contributed by atoms with Crippen molar-refractivity contribution < 1.29 is 14.2 Å². The van der Waals surface area contributed by atoms with Gasteiger partial charge in [0.25, 0.3) is 0 Å². The van der Waals surface area contributed by atoms with Gasteiger partial charge in [0.05, 0.1) is 17.3 Å². The fourth-order valence-electron chi connectivity index (χ4n) is 1.72. The lowest BCUT2D eigenvalue weighted by molar-refractivity contribution is 0.167. The van der Waals surface area contributed by atoms with E-state index in [0.29, 0.717) is 11.1 Å². The summed E-state index contributed by atoms with van der Waals surface area (Å²) in [5, 5.41) is 10.0. The number of benzene rings is 1. The molecule has 1 unspecified atom stereocenters. The van der Waals surface area contributed by atoms with Crippen molar-refractivity contribution in [3.05, 3.63) is 45.9 Å². The van der Waals surface area contributed by atoms with Crippen molar-refractivity contribution in [3.63, 3.8) is 0 Å². The Morgan fingerprint density at radius 1 is 1.44 bits per heavy atom.